The van der Waals surface area contributed by atoms with Gasteiger partial charge in [-0.1, -0.05) is 6.07 Å². The van der Waals surface area contributed by atoms with Crippen LogP contribution in [0.25, 0.3) is 0 Å². The fourth-order valence-electron chi connectivity index (χ4n) is 1.66. The van der Waals surface area contributed by atoms with E-state index in [2.05, 4.69) is 0 Å². The zero-order valence-corrected chi connectivity index (χ0v) is 9.67. The Morgan fingerprint density at radius 1 is 1.44 bits per heavy atom. The molecular weight excluding hydrogens is 231 g/mol. The van der Waals surface area contributed by atoms with Gasteiger partial charge in [-0.3, -0.25) is 0 Å². The lowest BCUT2D eigenvalue weighted by atomic mass is 10.2. The van der Waals surface area contributed by atoms with Gasteiger partial charge in [-0.25, -0.2) is 12.8 Å². The van der Waals surface area contributed by atoms with Crippen LogP contribution in [-0.2, 0) is 10.0 Å². The average molecular weight is 244 g/mol. The lowest BCUT2D eigenvalue weighted by molar-refractivity contribution is 0.265. The molecule has 0 bridgehead atoms. The van der Waals surface area contributed by atoms with E-state index < -0.39 is 15.8 Å². The molecule has 1 saturated heterocycles. The number of sulfonamides is 1. The highest BCUT2D eigenvalue weighted by molar-refractivity contribution is 7.89. The molecule has 0 amide bonds. The van der Waals surface area contributed by atoms with Crippen molar-refractivity contribution in [1.29, 1.82) is 0 Å². The molecule has 1 aromatic carbocycles. The van der Waals surface area contributed by atoms with Crippen molar-refractivity contribution in [2.45, 2.75) is 17.9 Å². The fraction of sp³-hybridized carbons (Fsp3) is 0.400. The smallest absolute Gasteiger partial charge is 0.243 e. The van der Waals surface area contributed by atoms with Crippen LogP contribution in [0.15, 0.2) is 23.1 Å². The van der Waals surface area contributed by atoms with Crippen LogP contribution in [0.2, 0.25) is 0 Å². The van der Waals surface area contributed by atoms with Crippen molar-refractivity contribution in [3.63, 3.8) is 0 Å². The number of halogens is 1. The molecule has 0 radical (unpaired) electrons. The van der Waals surface area contributed by atoms with Crippen LogP contribution in [0.3, 0.4) is 0 Å². The Labute approximate surface area is 93.9 Å². The Morgan fingerprint density at radius 2 is 2.06 bits per heavy atom. The molecule has 0 aliphatic carbocycles. The van der Waals surface area contributed by atoms with E-state index in [-0.39, 0.29) is 10.9 Å². The van der Waals surface area contributed by atoms with Crippen LogP contribution in [0.4, 0.5) is 4.39 Å². The molecule has 16 heavy (non-hydrogen) atoms. The van der Waals surface area contributed by atoms with E-state index in [4.69, 9.17) is 5.73 Å². The highest BCUT2D eigenvalue weighted by Gasteiger charge is 2.35. The molecule has 1 aliphatic heterocycles. The van der Waals surface area contributed by atoms with E-state index in [9.17, 15) is 12.8 Å². The standard InChI is InChI=1S/C10H13FN2O2S/c1-7-2-3-8(11)4-10(7)16(14,15)13-5-9(12)6-13/h2-4,9H,5-6,12H2,1H3. The summed E-state index contributed by atoms with van der Waals surface area (Å²) in [4.78, 5) is 0.0272. The maximum atomic E-state index is 13.0. The highest BCUT2D eigenvalue weighted by atomic mass is 32.2. The Morgan fingerprint density at radius 3 is 2.62 bits per heavy atom. The molecule has 1 heterocycles. The summed E-state index contributed by atoms with van der Waals surface area (Å²) in [6.07, 6.45) is 0. The average Bonchev–Trinajstić information content (AvgIpc) is 2.16. The summed E-state index contributed by atoms with van der Waals surface area (Å²) in [7, 11) is -3.58. The molecule has 4 nitrogen and oxygen atoms in total. The predicted molar refractivity (Wildman–Crippen MR) is 57.9 cm³/mol. The van der Waals surface area contributed by atoms with Crippen molar-refractivity contribution in [1.82, 2.24) is 4.31 Å². The van der Waals surface area contributed by atoms with Crippen LogP contribution in [0.5, 0.6) is 0 Å². The molecule has 0 spiro atoms. The second-order valence-corrected chi connectivity index (χ2v) is 5.90. The molecule has 2 N–H and O–H groups in total. The molecule has 1 aromatic rings. The first-order valence-corrected chi connectivity index (χ1v) is 6.37. The molecule has 1 fully saturated rings. The van der Waals surface area contributed by atoms with Crippen molar-refractivity contribution in [2.24, 2.45) is 5.73 Å². The van der Waals surface area contributed by atoms with Gasteiger partial charge in [0.05, 0.1) is 4.90 Å². The first-order chi connectivity index (χ1) is 7.41. The highest BCUT2D eigenvalue weighted by Crippen LogP contribution is 2.24. The first-order valence-electron chi connectivity index (χ1n) is 4.93. The Kier molecular flexibility index (Phi) is 2.73. The largest absolute Gasteiger partial charge is 0.325 e. The van der Waals surface area contributed by atoms with Gasteiger partial charge in [0.25, 0.3) is 0 Å². The predicted octanol–water partition coefficient (Wildman–Crippen LogP) is 0.466. The van der Waals surface area contributed by atoms with E-state index in [1.807, 2.05) is 0 Å². The van der Waals surface area contributed by atoms with Crippen molar-refractivity contribution in [3.05, 3.63) is 29.6 Å². The topological polar surface area (TPSA) is 63.4 Å². The van der Waals surface area contributed by atoms with Crippen molar-refractivity contribution in [2.75, 3.05) is 13.1 Å². The lowest BCUT2D eigenvalue weighted by Gasteiger charge is -2.35. The molecular formula is C10H13FN2O2S. The fourth-order valence-corrected chi connectivity index (χ4v) is 3.45. The summed E-state index contributed by atoms with van der Waals surface area (Å²) in [5.74, 6) is -0.547. The second-order valence-electron chi connectivity index (χ2n) is 3.99. The van der Waals surface area contributed by atoms with Crippen molar-refractivity contribution >= 4 is 10.0 Å². The minimum atomic E-state index is -3.58. The summed E-state index contributed by atoms with van der Waals surface area (Å²) >= 11 is 0. The van der Waals surface area contributed by atoms with Crippen LogP contribution in [0.1, 0.15) is 5.56 Å². The number of hydrogen-bond acceptors (Lipinski definition) is 3. The van der Waals surface area contributed by atoms with E-state index >= 15 is 0 Å². The number of hydrogen-bond donors (Lipinski definition) is 1. The van der Waals surface area contributed by atoms with Crippen LogP contribution in [-0.4, -0.2) is 31.9 Å². The maximum absolute atomic E-state index is 13.0. The third-order valence-corrected chi connectivity index (χ3v) is 4.62. The van der Waals surface area contributed by atoms with E-state index in [1.54, 1.807) is 6.92 Å². The second kappa shape index (κ2) is 3.80. The number of benzene rings is 1. The summed E-state index contributed by atoms with van der Waals surface area (Å²) < 4.78 is 38.4. The minimum Gasteiger partial charge on any atom is -0.325 e. The van der Waals surface area contributed by atoms with Gasteiger partial charge in [-0.15, -0.1) is 0 Å². The normalized spacial score (nSPS) is 18.4. The van der Waals surface area contributed by atoms with Crippen molar-refractivity contribution in [3.8, 4) is 0 Å². The quantitative estimate of drug-likeness (QED) is 0.822. The third-order valence-electron chi connectivity index (χ3n) is 2.64. The lowest BCUT2D eigenvalue weighted by Crippen LogP contribution is -2.57. The van der Waals surface area contributed by atoms with E-state index in [0.717, 1.165) is 6.07 Å². The van der Waals surface area contributed by atoms with Gasteiger partial charge in [0.2, 0.25) is 10.0 Å². The SMILES string of the molecule is Cc1ccc(F)cc1S(=O)(=O)N1CC(N)C1. The molecule has 0 atom stereocenters. The van der Waals surface area contributed by atoms with Gasteiger partial charge < -0.3 is 5.73 Å². The van der Waals surface area contributed by atoms with E-state index in [1.165, 1.54) is 16.4 Å². The molecule has 0 saturated carbocycles. The summed E-state index contributed by atoms with van der Waals surface area (Å²) in [5.41, 5.74) is 6.07. The van der Waals surface area contributed by atoms with Gasteiger partial charge in [0, 0.05) is 19.1 Å². The molecule has 0 unspecified atom stereocenters. The van der Waals surface area contributed by atoms with Gasteiger partial charge in [0.15, 0.2) is 0 Å². The minimum absolute atomic E-state index is 0.0272. The monoisotopic (exact) mass is 244 g/mol. The Hall–Kier alpha value is -0.980. The molecule has 2 rings (SSSR count). The summed E-state index contributed by atoms with van der Waals surface area (Å²) in [6, 6.07) is 3.65. The van der Waals surface area contributed by atoms with Gasteiger partial charge in [-0.2, -0.15) is 4.31 Å². The van der Waals surface area contributed by atoms with Crippen LogP contribution in [0, 0.1) is 12.7 Å². The molecule has 1 aliphatic rings. The zero-order valence-electron chi connectivity index (χ0n) is 8.85. The molecule has 0 aromatic heterocycles. The molecule has 6 heteroatoms. The Bertz CT molecular complexity index is 510. The van der Waals surface area contributed by atoms with Gasteiger partial charge in [0.1, 0.15) is 5.82 Å². The number of nitrogens with two attached hydrogens (primary N) is 1. The Balaban J connectivity index is 2.40. The number of nitrogens with zero attached hydrogens (tertiary/aromatic N) is 1. The van der Waals surface area contributed by atoms with E-state index in [0.29, 0.717) is 18.7 Å². The molecule has 88 valence electrons. The van der Waals surface area contributed by atoms with Crippen molar-refractivity contribution < 1.29 is 12.8 Å². The van der Waals surface area contributed by atoms with Crippen LogP contribution < -0.4 is 5.73 Å². The first kappa shape index (κ1) is 11.5. The maximum Gasteiger partial charge on any atom is 0.243 e. The number of rotatable bonds is 2. The summed E-state index contributed by atoms with van der Waals surface area (Å²) in [6.45, 7) is 2.25. The van der Waals surface area contributed by atoms with Gasteiger partial charge in [-0.05, 0) is 24.6 Å². The summed E-state index contributed by atoms with van der Waals surface area (Å²) in [5, 5.41) is 0. The van der Waals surface area contributed by atoms with Gasteiger partial charge >= 0.3 is 0 Å². The zero-order chi connectivity index (χ0) is 11.9. The number of aryl methyl sites for hydroxylation is 1. The van der Waals surface area contributed by atoms with Crippen LogP contribution >= 0.6 is 0 Å². The third kappa shape index (κ3) is 1.83.